The van der Waals surface area contributed by atoms with Gasteiger partial charge in [0.05, 0.1) is 19.1 Å². The van der Waals surface area contributed by atoms with Crippen molar-refractivity contribution in [3.63, 3.8) is 0 Å². The van der Waals surface area contributed by atoms with Crippen LogP contribution in [0.5, 0.6) is 0 Å². The zero-order chi connectivity index (χ0) is 11.4. The van der Waals surface area contributed by atoms with Crippen molar-refractivity contribution in [3.8, 4) is 0 Å². The van der Waals surface area contributed by atoms with Crippen LogP contribution < -0.4 is 5.73 Å². The molecule has 15 heavy (non-hydrogen) atoms. The Kier molecular flexibility index (Phi) is 4.05. The third kappa shape index (κ3) is 3.49. The van der Waals surface area contributed by atoms with Crippen LogP contribution in [-0.2, 0) is 9.59 Å². The fraction of sp³-hybridized carbons (Fsp3) is 0.778. The molecule has 6 nitrogen and oxygen atoms in total. The van der Waals surface area contributed by atoms with Gasteiger partial charge in [-0.1, -0.05) is 0 Å². The molecule has 1 atom stereocenters. The van der Waals surface area contributed by atoms with E-state index in [1.165, 1.54) is 4.90 Å². The number of aliphatic hydroxyl groups is 1. The zero-order valence-corrected chi connectivity index (χ0v) is 8.43. The number of carboxylic acids is 1. The quantitative estimate of drug-likeness (QED) is 0.516. The van der Waals surface area contributed by atoms with Gasteiger partial charge in [0.25, 0.3) is 0 Å². The fourth-order valence-electron chi connectivity index (χ4n) is 1.46. The molecule has 0 aliphatic heterocycles. The highest BCUT2D eigenvalue weighted by Gasteiger charge is 2.34. The van der Waals surface area contributed by atoms with Gasteiger partial charge in [-0.2, -0.15) is 0 Å². The topological polar surface area (TPSA) is 104 Å². The Bertz CT molecular complexity index is 252. The van der Waals surface area contributed by atoms with E-state index in [0.717, 1.165) is 12.8 Å². The lowest BCUT2D eigenvalue weighted by molar-refractivity contribution is -0.142. The van der Waals surface area contributed by atoms with Gasteiger partial charge in [0.15, 0.2) is 0 Å². The molecule has 0 aromatic rings. The SMILES string of the molecule is NC(CC(=O)O)C(=O)N(CCO)C1CC1. The van der Waals surface area contributed by atoms with E-state index in [1.807, 2.05) is 0 Å². The summed E-state index contributed by atoms with van der Waals surface area (Å²) in [7, 11) is 0. The number of carbonyl (C=O) groups excluding carboxylic acids is 1. The predicted molar refractivity (Wildman–Crippen MR) is 52.0 cm³/mol. The van der Waals surface area contributed by atoms with Crippen LogP contribution in [0.2, 0.25) is 0 Å². The fourth-order valence-corrected chi connectivity index (χ4v) is 1.46. The summed E-state index contributed by atoms with van der Waals surface area (Å²) in [5.41, 5.74) is 5.46. The molecule has 0 saturated heterocycles. The summed E-state index contributed by atoms with van der Waals surface area (Å²) in [4.78, 5) is 23.5. The van der Waals surface area contributed by atoms with E-state index in [-0.39, 0.29) is 31.5 Å². The summed E-state index contributed by atoms with van der Waals surface area (Å²) >= 11 is 0. The molecule has 0 spiro atoms. The summed E-state index contributed by atoms with van der Waals surface area (Å²) in [5.74, 6) is -1.47. The molecule has 1 unspecified atom stereocenters. The van der Waals surface area contributed by atoms with Crippen LogP contribution in [0.4, 0.5) is 0 Å². The van der Waals surface area contributed by atoms with E-state index in [4.69, 9.17) is 15.9 Å². The molecule has 4 N–H and O–H groups in total. The van der Waals surface area contributed by atoms with Gasteiger partial charge in [0.2, 0.25) is 5.91 Å². The largest absolute Gasteiger partial charge is 0.481 e. The molecule has 86 valence electrons. The Morgan fingerprint density at radius 3 is 2.47 bits per heavy atom. The van der Waals surface area contributed by atoms with E-state index < -0.39 is 12.0 Å². The van der Waals surface area contributed by atoms with Crippen LogP contribution in [0.1, 0.15) is 19.3 Å². The highest BCUT2D eigenvalue weighted by Crippen LogP contribution is 2.27. The smallest absolute Gasteiger partial charge is 0.305 e. The van der Waals surface area contributed by atoms with E-state index in [1.54, 1.807) is 0 Å². The van der Waals surface area contributed by atoms with Crippen LogP contribution in [0.3, 0.4) is 0 Å². The Labute approximate surface area is 87.7 Å². The minimum atomic E-state index is -1.09. The Balaban J connectivity index is 2.50. The summed E-state index contributed by atoms with van der Waals surface area (Å²) in [6, 6.07) is -0.862. The van der Waals surface area contributed by atoms with Crippen molar-refractivity contribution < 1.29 is 19.8 Å². The summed E-state index contributed by atoms with van der Waals surface area (Å²) in [6.45, 7) is 0.110. The second kappa shape index (κ2) is 5.09. The lowest BCUT2D eigenvalue weighted by Gasteiger charge is -2.24. The number of carbonyl (C=O) groups is 2. The lowest BCUT2D eigenvalue weighted by Crippen LogP contribution is -2.46. The van der Waals surface area contributed by atoms with Gasteiger partial charge in [-0.15, -0.1) is 0 Å². The Morgan fingerprint density at radius 1 is 1.47 bits per heavy atom. The van der Waals surface area contributed by atoms with E-state index in [9.17, 15) is 9.59 Å². The molecule has 0 aromatic carbocycles. The first-order chi connectivity index (χ1) is 7.06. The minimum absolute atomic E-state index is 0.123. The molecule has 0 heterocycles. The third-order valence-corrected chi connectivity index (χ3v) is 2.32. The average Bonchev–Trinajstić information content (AvgIpc) is 2.95. The number of rotatable bonds is 6. The Hall–Kier alpha value is -1.14. The van der Waals surface area contributed by atoms with Crippen molar-refractivity contribution in [2.45, 2.75) is 31.3 Å². The van der Waals surface area contributed by atoms with Crippen molar-refractivity contribution in [1.82, 2.24) is 4.90 Å². The van der Waals surface area contributed by atoms with Gasteiger partial charge in [0, 0.05) is 12.6 Å². The van der Waals surface area contributed by atoms with Crippen molar-refractivity contribution in [3.05, 3.63) is 0 Å². The van der Waals surface area contributed by atoms with Crippen LogP contribution in [0.15, 0.2) is 0 Å². The maximum Gasteiger partial charge on any atom is 0.305 e. The van der Waals surface area contributed by atoms with Gasteiger partial charge >= 0.3 is 5.97 Å². The number of nitrogens with two attached hydrogens (primary N) is 1. The van der Waals surface area contributed by atoms with Gasteiger partial charge < -0.3 is 20.8 Å². The van der Waals surface area contributed by atoms with Crippen molar-refractivity contribution in [1.29, 1.82) is 0 Å². The van der Waals surface area contributed by atoms with Gasteiger partial charge in [-0.3, -0.25) is 9.59 Å². The molecule has 1 saturated carbocycles. The molecular formula is C9H16N2O4. The van der Waals surface area contributed by atoms with Gasteiger partial charge in [-0.05, 0) is 12.8 Å². The summed E-state index contributed by atoms with van der Waals surface area (Å²) < 4.78 is 0. The number of hydrogen-bond donors (Lipinski definition) is 3. The molecule has 0 bridgehead atoms. The van der Waals surface area contributed by atoms with E-state index in [2.05, 4.69) is 0 Å². The average molecular weight is 216 g/mol. The van der Waals surface area contributed by atoms with Crippen molar-refractivity contribution in [2.24, 2.45) is 5.73 Å². The predicted octanol–water partition coefficient (Wildman–Crippen LogP) is -1.23. The molecule has 1 aliphatic carbocycles. The second-order valence-electron chi connectivity index (χ2n) is 3.69. The molecule has 1 amide bonds. The first-order valence-electron chi connectivity index (χ1n) is 4.95. The first-order valence-corrected chi connectivity index (χ1v) is 4.95. The molecule has 1 aliphatic rings. The third-order valence-electron chi connectivity index (χ3n) is 2.32. The number of carboxylic acid groups (broad SMARTS) is 1. The number of nitrogens with zero attached hydrogens (tertiary/aromatic N) is 1. The normalized spacial score (nSPS) is 17.2. The summed E-state index contributed by atoms with van der Waals surface area (Å²) in [5, 5.41) is 17.3. The monoisotopic (exact) mass is 216 g/mol. The van der Waals surface area contributed by atoms with Crippen LogP contribution >= 0.6 is 0 Å². The van der Waals surface area contributed by atoms with Crippen LogP contribution in [-0.4, -0.2) is 52.2 Å². The van der Waals surface area contributed by atoms with Crippen LogP contribution in [0.25, 0.3) is 0 Å². The number of hydrogen-bond acceptors (Lipinski definition) is 4. The number of aliphatic hydroxyl groups excluding tert-OH is 1. The van der Waals surface area contributed by atoms with Crippen LogP contribution in [0, 0.1) is 0 Å². The van der Waals surface area contributed by atoms with E-state index >= 15 is 0 Å². The molecule has 1 rings (SSSR count). The lowest BCUT2D eigenvalue weighted by atomic mass is 10.2. The first kappa shape index (κ1) is 11.9. The molecule has 0 aromatic heterocycles. The van der Waals surface area contributed by atoms with Crippen molar-refractivity contribution in [2.75, 3.05) is 13.2 Å². The van der Waals surface area contributed by atoms with E-state index in [0.29, 0.717) is 0 Å². The molecular weight excluding hydrogens is 200 g/mol. The maximum atomic E-state index is 11.7. The summed E-state index contributed by atoms with van der Waals surface area (Å²) in [6.07, 6.45) is 1.45. The molecule has 0 radical (unpaired) electrons. The highest BCUT2D eigenvalue weighted by molar-refractivity contribution is 5.86. The minimum Gasteiger partial charge on any atom is -0.481 e. The van der Waals surface area contributed by atoms with Gasteiger partial charge in [-0.25, -0.2) is 0 Å². The maximum absolute atomic E-state index is 11.7. The highest BCUT2D eigenvalue weighted by atomic mass is 16.4. The number of amides is 1. The molecule has 1 fully saturated rings. The standard InChI is InChI=1S/C9H16N2O4/c10-7(5-8(13)14)9(15)11(3-4-12)6-1-2-6/h6-7,12H,1-5,10H2,(H,13,14). The number of aliphatic carboxylic acids is 1. The second-order valence-corrected chi connectivity index (χ2v) is 3.69. The van der Waals surface area contributed by atoms with Gasteiger partial charge in [0.1, 0.15) is 0 Å². The zero-order valence-electron chi connectivity index (χ0n) is 8.43. The molecule has 6 heteroatoms. The van der Waals surface area contributed by atoms with Crippen molar-refractivity contribution >= 4 is 11.9 Å². The Morgan fingerprint density at radius 2 is 2.07 bits per heavy atom.